The van der Waals surface area contributed by atoms with Crippen molar-refractivity contribution >= 4 is 33.3 Å². The topological polar surface area (TPSA) is 0 Å². The average Bonchev–Trinajstić information content (AvgIpc) is 3.15. The van der Waals surface area contributed by atoms with Crippen molar-refractivity contribution in [2.75, 3.05) is 0 Å². The molecule has 0 fully saturated rings. The number of fused-ring (bicyclic) bond motifs is 7. The molecule has 170 valence electrons. The van der Waals surface area contributed by atoms with Gasteiger partial charge in [0.15, 0.2) is 0 Å². The summed E-state index contributed by atoms with van der Waals surface area (Å²) in [6, 6.07) is 40.8. The highest BCUT2D eigenvalue weighted by atomic mass is 32.2. The lowest BCUT2D eigenvalue weighted by Crippen LogP contribution is -2.15. The first kappa shape index (κ1) is 20.4. The molecular weight excluding hydrogens is 452 g/mol. The van der Waals surface area contributed by atoms with E-state index in [0.717, 1.165) is 0 Å². The summed E-state index contributed by atoms with van der Waals surface area (Å²) < 4.78 is 0. The number of rotatable bonds is 1. The molecule has 0 N–H and O–H groups in total. The maximum atomic E-state index is 2.44. The van der Waals surface area contributed by atoms with Gasteiger partial charge in [0.05, 0.1) is 0 Å². The minimum atomic E-state index is -0.0455. The van der Waals surface area contributed by atoms with Gasteiger partial charge in [-0.2, -0.15) is 0 Å². The fraction of sp³-hybridized carbons (Fsp3) is 0.0857. The van der Waals surface area contributed by atoms with Crippen LogP contribution in [0.5, 0.6) is 0 Å². The molecule has 0 saturated heterocycles. The van der Waals surface area contributed by atoms with Gasteiger partial charge in [-0.05, 0) is 84.9 Å². The van der Waals surface area contributed by atoms with E-state index in [1.807, 2.05) is 11.8 Å². The minimum Gasteiger partial charge on any atom is -0.0888 e. The van der Waals surface area contributed by atoms with Crippen molar-refractivity contribution in [1.82, 2.24) is 0 Å². The standard InChI is InChI=1S/C35H24S/c1-35(2)30-20-24(14-16-26(30)28-17-13-21-7-3-4-10-25(21)34(28)35)23-15-18-31-29(19-23)27-11-5-8-22-9-6-12-32(36-31)33(22)27/h3-20H,1-2H3. The second kappa shape index (κ2) is 7.12. The van der Waals surface area contributed by atoms with E-state index in [-0.39, 0.29) is 5.41 Å². The Balaban J connectivity index is 1.30. The van der Waals surface area contributed by atoms with Crippen LogP contribution in [0.4, 0.5) is 0 Å². The zero-order valence-corrected chi connectivity index (χ0v) is 21.1. The highest BCUT2D eigenvalue weighted by Crippen LogP contribution is 2.53. The molecule has 0 amide bonds. The van der Waals surface area contributed by atoms with E-state index >= 15 is 0 Å². The summed E-state index contributed by atoms with van der Waals surface area (Å²) in [4.78, 5) is 2.69. The molecule has 0 atom stereocenters. The molecule has 0 unspecified atom stereocenters. The Morgan fingerprint density at radius 1 is 0.528 bits per heavy atom. The van der Waals surface area contributed by atoms with E-state index in [2.05, 4.69) is 123 Å². The van der Waals surface area contributed by atoms with Crippen molar-refractivity contribution in [2.45, 2.75) is 29.1 Å². The third kappa shape index (κ3) is 2.67. The Bertz CT molecular complexity index is 1880. The first-order valence-electron chi connectivity index (χ1n) is 12.6. The zero-order chi connectivity index (χ0) is 24.0. The highest BCUT2D eigenvalue weighted by Gasteiger charge is 2.37. The van der Waals surface area contributed by atoms with Crippen molar-refractivity contribution in [3.8, 4) is 33.4 Å². The van der Waals surface area contributed by atoms with Crippen LogP contribution in [0.25, 0.3) is 54.9 Å². The molecule has 0 bridgehead atoms. The quantitative estimate of drug-likeness (QED) is 0.227. The zero-order valence-electron chi connectivity index (χ0n) is 20.3. The molecule has 2 aliphatic rings. The fourth-order valence-corrected chi connectivity index (χ4v) is 7.65. The van der Waals surface area contributed by atoms with E-state index in [9.17, 15) is 0 Å². The van der Waals surface area contributed by atoms with Crippen molar-refractivity contribution in [2.24, 2.45) is 0 Å². The van der Waals surface area contributed by atoms with Crippen LogP contribution in [0, 0.1) is 0 Å². The van der Waals surface area contributed by atoms with Gasteiger partial charge in [-0.25, -0.2) is 0 Å². The molecule has 1 aliphatic heterocycles. The summed E-state index contributed by atoms with van der Waals surface area (Å²) in [5.41, 5.74) is 10.8. The molecule has 1 aliphatic carbocycles. The number of hydrogen-bond acceptors (Lipinski definition) is 1. The molecule has 0 aromatic heterocycles. The average molecular weight is 477 g/mol. The monoisotopic (exact) mass is 476 g/mol. The summed E-state index contributed by atoms with van der Waals surface area (Å²) in [6.07, 6.45) is 0. The van der Waals surface area contributed by atoms with Crippen molar-refractivity contribution in [3.05, 3.63) is 120 Å². The summed E-state index contributed by atoms with van der Waals surface area (Å²) in [5.74, 6) is 0. The number of hydrogen-bond donors (Lipinski definition) is 0. The van der Waals surface area contributed by atoms with Gasteiger partial charge >= 0.3 is 0 Å². The van der Waals surface area contributed by atoms with E-state index < -0.39 is 0 Å². The Morgan fingerprint density at radius 3 is 2.19 bits per heavy atom. The second-order valence-electron chi connectivity index (χ2n) is 10.6. The summed E-state index contributed by atoms with van der Waals surface area (Å²) in [5, 5.41) is 5.39. The van der Waals surface area contributed by atoms with Gasteiger partial charge in [-0.3, -0.25) is 0 Å². The van der Waals surface area contributed by atoms with Gasteiger partial charge < -0.3 is 0 Å². The molecule has 6 aromatic rings. The van der Waals surface area contributed by atoms with Gasteiger partial charge in [-0.1, -0.05) is 111 Å². The molecule has 0 saturated carbocycles. The summed E-state index contributed by atoms with van der Waals surface area (Å²) in [7, 11) is 0. The third-order valence-electron chi connectivity index (χ3n) is 8.23. The predicted octanol–water partition coefficient (Wildman–Crippen LogP) is 10.1. The second-order valence-corrected chi connectivity index (χ2v) is 11.7. The van der Waals surface area contributed by atoms with Crippen LogP contribution in [-0.2, 0) is 5.41 Å². The van der Waals surface area contributed by atoms with E-state index in [4.69, 9.17) is 0 Å². The van der Waals surface area contributed by atoms with Crippen LogP contribution in [0.1, 0.15) is 25.0 Å². The highest BCUT2D eigenvalue weighted by molar-refractivity contribution is 7.99. The summed E-state index contributed by atoms with van der Waals surface area (Å²) >= 11 is 1.89. The van der Waals surface area contributed by atoms with Crippen LogP contribution in [0.2, 0.25) is 0 Å². The summed E-state index contributed by atoms with van der Waals surface area (Å²) in [6.45, 7) is 4.77. The Kier molecular flexibility index (Phi) is 4.03. The van der Waals surface area contributed by atoms with Crippen molar-refractivity contribution < 1.29 is 0 Å². The Morgan fingerprint density at radius 2 is 1.28 bits per heavy atom. The largest absolute Gasteiger partial charge is 0.0888 e. The van der Waals surface area contributed by atoms with Gasteiger partial charge in [0, 0.05) is 20.6 Å². The molecule has 8 rings (SSSR count). The molecule has 0 nitrogen and oxygen atoms in total. The van der Waals surface area contributed by atoms with Gasteiger partial charge in [0.2, 0.25) is 0 Å². The molecule has 0 radical (unpaired) electrons. The van der Waals surface area contributed by atoms with E-state index in [1.165, 1.54) is 75.8 Å². The van der Waals surface area contributed by atoms with Gasteiger partial charge in [0.25, 0.3) is 0 Å². The maximum absolute atomic E-state index is 2.44. The molecule has 0 spiro atoms. The van der Waals surface area contributed by atoms with Crippen molar-refractivity contribution in [1.29, 1.82) is 0 Å². The third-order valence-corrected chi connectivity index (χ3v) is 9.36. The van der Waals surface area contributed by atoms with Crippen molar-refractivity contribution in [3.63, 3.8) is 0 Å². The van der Waals surface area contributed by atoms with Crippen LogP contribution < -0.4 is 0 Å². The van der Waals surface area contributed by atoms with Crippen LogP contribution >= 0.6 is 11.8 Å². The number of benzene rings is 6. The fourth-order valence-electron chi connectivity index (χ4n) is 6.52. The lowest BCUT2D eigenvalue weighted by molar-refractivity contribution is 0.666. The minimum absolute atomic E-state index is 0.0455. The Labute approximate surface area is 215 Å². The maximum Gasteiger partial charge on any atom is 0.0207 e. The Hall–Kier alpha value is -3.81. The normalized spacial score (nSPS) is 14.5. The van der Waals surface area contributed by atoms with E-state index in [1.54, 1.807) is 0 Å². The molecule has 1 heterocycles. The van der Waals surface area contributed by atoms with Gasteiger partial charge in [0.1, 0.15) is 0 Å². The van der Waals surface area contributed by atoms with Crippen LogP contribution in [0.15, 0.2) is 119 Å². The van der Waals surface area contributed by atoms with Crippen LogP contribution in [0.3, 0.4) is 0 Å². The predicted molar refractivity (Wildman–Crippen MR) is 154 cm³/mol. The molecular formula is C35H24S. The van der Waals surface area contributed by atoms with E-state index in [0.29, 0.717) is 0 Å². The first-order chi connectivity index (χ1) is 17.6. The SMILES string of the molecule is CC1(C)c2cc(-c3ccc4c(c3)-c3cccc5cccc(c35)S4)ccc2-c2ccc3ccccc3c21. The lowest BCUT2D eigenvalue weighted by atomic mass is 9.79. The molecule has 1 heteroatoms. The molecule has 6 aromatic carbocycles. The van der Waals surface area contributed by atoms with Gasteiger partial charge in [-0.15, -0.1) is 0 Å². The van der Waals surface area contributed by atoms with Crippen LogP contribution in [-0.4, -0.2) is 0 Å². The first-order valence-corrected chi connectivity index (χ1v) is 13.4. The lowest BCUT2D eigenvalue weighted by Gasteiger charge is -2.24. The molecule has 36 heavy (non-hydrogen) atoms. The smallest absolute Gasteiger partial charge is 0.0207 e.